The van der Waals surface area contributed by atoms with Gasteiger partial charge in [0.25, 0.3) is 0 Å². The molecular formula is C12H23NO3S2. The molecule has 1 saturated heterocycles. The third kappa shape index (κ3) is 5.71. The lowest BCUT2D eigenvalue weighted by Gasteiger charge is -2.30. The van der Waals surface area contributed by atoms with Crippen LogP contribution in [0, 0.1) is 5.92 Å². The molecule has 18 heavy (non-hydrogen) atoms. The highest BCUT2D eigenvalue weighted by Gasteiger charge is 2.27. The van der Waals surface area contributed by atoms with Crippen molar-refractivity contribution in [2.24, 2.45) is 5.92 Å². The van der Waals surface area contributed by atoms with Gasteiger partial charge in [-0.05, 0) is 24.0 Å². The lowest BCUT2D eigenvalue weighted by Crippen LogP contribution is -2.39. The Morgan fingerprint density at radius 1 is 1.44 bits per heavy atom. The molecule has 0 radical (unpaired) electrons. The number of thioether (sulfide) groups is 1. The molecule has 1 unspecified atom stereocenters. The number of piperidine rings is 1. The highest BCUT2D eigenvalue weighted by molar-refractivity contribution is 8.00. The first kappa shape index (κ1) is 16.0. The van der Waals surface area contributed by atoms with Crippen LogP contribution in [0.1, 0.15) is 33.1 Å². The zero-order valence-electron chi connectivity index (χ0n) is 11.4. The minimum atomic E-state index is -3.10. The van der Waals surface area contributed by atoms with Gasteiger partial charge in [0.15, 0.2) is 0 Å². The summed E-state index contributed by atoms with van der Waals surface area (Å²) in [6.45, 7) is 5.26. The average molecular weight is 293 g/mol. The van der Waals surface area contributed by atoms with Crippen molar-refractivity contribution in [3.8, 4) is 0 Å². The molecule has 0 aromatic heterocycles. The van der Waals surface area contributed by atoms with Crippen molar-refractivity contribution >= 4 is 27.6 Å². The molecule has 1 rings (SSSR count). The van der Waals surface area contributed by atoms with E-state index in [1.54, 1.807) is 11.8 Å². The van der Waals surface area contributed by atoms with Gasteiger partial charge in [0.05, 0.1) is 12.0 Å². The van der Waals surface area contributed by atoms with Crippen LogP contribution in [0.15, 0.2) is 0 Å². The third-order valence-electron chi connectivity index (χ3n) is 3.04. The molecule has 1 heterocycles. The minimum absolute atomic E-state index is 0.203. The molecule has 0 saturated carbocycles. The molecule has 4 nitrogen and oxygen atoms in total. The largest absolute Gasteiger partial charge is 0.299 e. The normalized spacial score (nSPS) is 22.3. The molecule has 0 N–H and O–H groups in total. The van der Waals surface area contributed by atoms with E-state index in [1.807, 2.05) is 0 Å². The van der Waals surface area contributed by atoms with E-state index < -0.39 is 10.0 Å². The second kappa shape index (κ2) is 6.91. The molecule has 106 valence electrons. The van der Waals surface area contributed by atoms with E-state index in [4.69, 9.17) is 0 Å². The molecule has 0 amide bonds. The molecule has 0 aromatic carbocycles. The monoisotopic (exact) mass is 293 g/mol. The molecule has 1 fully saturated rings. The number of nitrogens with zero attached hydrogens (tertiary/aromatic N) is 1. The van der Waals surface area contributed by atoms with E-state index in [-0.39, 0.29) is 11.7 Å². The Labute approximate surface area is 115 Å². The molecular weight excluding hydrogens is 270 g/mol. The van der Waals surface area contributed by atoms with Gasteiger partial charge in [-0.3, -0.25) is 4.79 Å². The Bertz CT molecular complexity index is 379. The van der Waals surface area contributed by atoms with Gasteiger partial charge >= 0.3 is 0 Å². The Morgan fingerprint density at radius 3 is 2.67 bits per heavy atom. The fourth-order valence-corrected chi connectivity index (χ4v) is 3.71. The summed E-state index contributed by atoms with van der Waals surface area (Å²) in [6, 6.07) is 0. The highest BCUT2D eigenvalue weighted by atomic mass is 32.2. The SMILES string of the molecule is CC(C)SCC(=O)CC1CCCN(S(C)(=O)=O)C1. The van der Waals surface area contributed by atoms with E-state index in [1.165, 1.54) is 10.6 Å². The molecule has 1 atom stereocenters. The first-order chi connectivity index (χ1) is 8.29. The molecule has 0 bridgehead atoms. The van der Waals surface area contributed by atoms with Gasteiger partial charge in [0.2, 0.25) is 10.0 Å². The van der Waals surface area contributed by atoms with Crippen LogP contribution in [0.5, 0.6) is 0 Å². The first-order valence-electron chi connectivity index (χ1n) is 6.37. The zero-order chi connectivity index (χ0) is 13.8. The maximum Gasteiger partial charge on any atom is 0.211 e. The fourth-order valence-electron chi connectivity index (χ4n) is 2.14. The van der Waals surface area contributed by atoms with Crippen LogP contribution in [0.2, 0.25) is 0 Å². The molecule has 6 heteroatoms. The molecule has 0 aromatic rings. The first-order valence-corrected chi connectivity index (χ1v) is 9.27. The average Bonchev–Trinajstić information content (AvgIpc) is 2.25. The Balaban J connectivity index is 2.41. The summed E-state index contributed by atoms with van der Waals surface area (Å²) >= 11 is 1.65. The summed E-state index contributed by atoms with van der Waals surface area (Å²) in [5.41, 5.74) is 0. The number of Topliss-reactive ketones (excluding diaryl/α,β-unsaturated/α-hetero) is 1. The number of carbonyl (C=O) groups is 1. The molecule has 0 aliphatic carbocycles. The van der Waals surface area contributed by atoms with Crippen LogP contribution < -0.4 is 0 Å². The van der Waals surface area contributed by atoms with Crippen molar-refractivity contribution in [3.05, 3.63) is 0 Å². The third-order valence-corrected chi connectivity index (χ3v) is 5.47. The summed E-state index contributed by atoms with van der Waals surface area (Å²) in [7, 11) is -3.10. The van der Waals surface area contributed by atoms with Crippen molar-refractivity contribution in [2.75, 3.05) is 25.1 Å². The number of hydrogen-bond donors (Lipinski definition) is 0. The summed E-state index contributed by atoms with van der Waals surface area (Å²) in [4.78, 5) is 11.8. The van der Waals surface area contributed by atoms with Gasteiger partial charge in [0, 0.05) is 19.5 Å². The van der Waals surface area contributed by atoms with Crippen molar-refractivity contribution in [1.29, 1.82) is 0 Å². The number of hydrogen-bond acceptors (Lipinski definition) is 4. The molecule has 0 spiro atoms. The van der Waals surface area contributed by atoms with E-state index >= 15 is 0 Å². The topological polar surface area (TPSA) is 54.5 Å². The van der Waals surface area contributed by atoms with Crippen LogP contribution in [-0.2, 0) is 14.8 Å². The number of sulfonamides is 1. The van der Waals surface area contributed by atoms with Gasteiger partial charge in [-0.25, -0.2) is 12.7 Å². The number of ketones is 1. The Morgan fingerprint density at radius 2 is 2.11 bits per heavy atom. The van der Waals surface area contributed by atoms with Gasteiger partial charge in [0.1, 0.15) is 5.78 Å². The zero-order valence-corrected chi connectivity index (χ0v) is 13.0. The predicted octanol–water partition coefficient (Wildman–Crippen LogP) is 1.76. The van der Waals surface area contributed by atoms with Crippen LogP contribution in [-0.4, -0.2) is 48.9 Å². The van der Waals surface area contributed by atoms with Gasteiger partial charge in [-0.2, -0.15) is 11.8 Å². The second-order valence-corrected chi connectivity index (χ2v) is 8.78. The Kier molecular flexibility index (Phi) is 6.14. The summed E-state index contributed by atoms with van der Waals surface area (Å²) < 4.78 is 24.4. The van der Waals surface area contributed by atoms with Crippen LogP contribution in [0.4, 0.5) is 0 Å². The number of rotatable bonds is 6. The van der Waals surface area contributed by atoms with Gasteiger partial charge < -0.3 is 0 Å². The van der Waals surface area contributed by atoms with Crippen LogP contribution in [0.3, 0.4) is 0 Å². The summed E-state index contributed by atoms with van der Waals surface area (Å²) in [6.07, 6.45) is 3.59. The van der Waals surface area contributed by atoms with Crippen molar-refractivity contribution < 1.29 is 13.2 Å². The lowest BCUT2D eigenvalue weighted by atomic mass is 9.94. The maximum absolute atomic E-state index is 11.8. The highest BCUT2D eigenvalue weighted by Crippen LogP contribution is 2.22. The van der Waals surface area contributed by atoms with Crippen molar-refractivity contribution in [2.45, 2.75) is 38.4 Å². The van der Waals surface area contributed by atoms with E-state index in [2.05, 4.69) is 13.8 Å². The quantitative estimate of drug-likeness (QED) is 0.749. The van der Waals surface area contributed by atoms with Crippen molar-refractivity contribution in [1.82, 2.24) is 4.31 Å². The van der Waals surface area contributed by atoms with Gasteiger partial charge in [-0.1, -0.05) is 13.8 Å². The fraction of sp³-hybridized carbons (Fsp3) is 0.917. The molecule has 1 aliphatic rings. The summed E-state index contributed by atoms with van der Waals surface area (Å²) in [5.74, 6) is 0.996. The van der Waals surface area contributed by atoms with Gasteiger partial charge in [-0.15, -0.1) is 0 Å². The van der Waals surface area contributed by atoms with Crippen molar-refractivity contribution in [3.63, 3.8) is 0 Å². The van der Waals surface area contributed by atoms with E-state index in [9.17, 15) is 13.2 Å². The van der Waals surface area contributed by atoms with Crippen LogP contribution >= 0.6 is 11.8 Å². The predicted molar refractivity (Wildman–Crippen MR) is 76.4 cm³/mol. The smallest absolute Gasteiger partial charge is 0.211 e. The minimum Gasteiger partial charge on any atom is -0.299 e. The maximum atomic E-state index is 11.8. The molecule has 1 aliphatic heterocycles. The second-order valence-electron chi connectivity index (χ2n) is 5.23. The standard InChI is InChI=1S/C12H23NO3S2/c1-10(2)17-9-12(14)7-11-5-4-6-13(8-11)18(3,15)16/h10-11H,4-9H2,1-3H3. The van der Waals surface area contributed by atoms with E-state index in [0.29, 0.717) is 30.5 Å². The number of carbonyl (C=O) groups excluding carboxylic acids is 1. The summed E-state index contributed by atoms with van der Waals surface area (Å²) in [5, 5.41) is 0.466. The van der Waals surface area contributed by atoms with Crippen LogP contribution in [0.25, 0.3) is 0 Å². The van der Waals surface area contributed by atoms with E-state index in [0.717, 1.165) is 12.8 Å². The Hall–Kier alpha value is -0.0700. The lowest BCUT2D eigenvalue weighted by molar-refractivity contribution is -0.117.